The SMILES string of the molecule is Nc1cn[nH]c1-c1cc2ccccc2o1. The van der Waals surface area contributed by atoms with Gasteiger partial charge in [0.15, 0.2) is 5.76 Å². The molecule has 3 rings (SSSR count). The van der Waals surface area contributed by atoms with Crippen molar-refractivity contribution >= 4 is 16.7 Å². The van der Waals surface area contributed by atoms with E-state index in [1.807, 2.05) is 30.3 Å². The van der Waals surface area contributed by atoms with Crippen LogP contribution in [-0.2, 0) is 0 Å². The van der Waals surface area contributed by atoms with E-state index in [4.69, 9.17) is 10.2 Å². The normalized spacial score (nSPS) is 10.9. The molecule has 4 nitrogen and oxygen atoms in total. The molecule has 0 bridgehead atoms. The summed E-state index contributed by atoms with van der Waals surface area (Å²) in [6.45, 7) is 0. The molecule has 0 unspecified atom stereocenters. The van der Waals surface area contributed by atoms with Crippen molar-refractivity contribution in [2.75, 3.05) is 5.73 Å². The van der Waals surface area contributed by atoms with Crippen LogP contribution < -0.4 is 5.73 Å². The number of nitrogen functional groups attached to an aromatic ring is 1. The molecule has 1 aromatic carbocycles. The van der Waals surface area contributed by atoms with Gasteiger partial charge in [-0.2, -0.15) is 5.10 Å². The number of nitrogens with one attached hydrogen (secondary N) is 1. The molecular weight excluding hydrogens is 190 g/mol. The summed E-state index contributed by atoms with van der Waals surface area (Å²) < 4.78 is 5.64. The van der Waals surface area contributed by atoms with Crippen molar-refractivity contribution < 1.29 is 4.42 Å². The van der Waals surface area contributed by atoms with Gasteiger partial charge in [-0.05, 0) is 12.1 Å². The number of H-pyrrole nitrogens is 1. The number of nitrogens with zero attached hydrogens (tertiary/aromatic N) is 1. The Morgan fingerprint density at radius 2 is 2.13 bits per heavy atom. The number of rotatable bonds is 1. The van der Waals surface area contributed by atoms with E-state index in [1.165, 1.54) is 0 Å². The summed E-state index contributed by atoms with van der Waals surface area (Å²) in [7, 11) is 0. The number of para-hydroxylation sites is 1. The van der Waals surface area contributed by atoms with E-state index in [9.17, 15) is 0 Å². The Balaban J connectivity index is 2.24. The molecular formula is C11H9N3O. The van der Waals surface area contributed by atoms with Crippen LogP contribution in [0.2, 0.25) is 0 Å². The van der Waals surface area contributed by atoms with Crippen LogP contribution in [0.15, 0.2) is 40.9 Å². The lowest BCUT2D eigenvalue weighted by Gasteiger charge is -1.91. The number of anilines is 1. The van der Waals surface area contributed by atoms with E-state index >= 15 is 0 Å². The van der Waals surface area contributed by atoms with Crippen LogP contribution in [0.3, 0.4) is 0 Å². The van der Waals surface area contributed by atoms with Crippen molar-refractivity contribution in [3.05, 3.63) is 36.5 Å². The zero-order valence-corrected chi connectivity index (χ0v) is 7.90. The van der Waals surface area contributed by atoms with E-state index in [0.717, 1.165) is 16.7 Å². The topological polar surface area (TPSA) is 67.8 Å². The summed E-state index contributed by atoms with van der Waals surface area (Å²) in [4.78, 5) is 0. The molecule has 0 atom stereocenters. The lowest BCUT2D eigenvalue weighted by molar-refractivity contribution is 0.628. The second kappa shape index (κ2) is 2.88. The highest BCUT2D eigenvalue weighted by atomic mass is 16.3. The van der Waals surface area contributed by atoms with Gasteiger partial charge in [0.05, 0.1) is 11.9 Å². The second-order valence-electron chi connectivity index (χ2n) is 3.35. The fourth-order valence-electron chi connectivity index (χ4n) is 1.60. The lowest BCUT2D eigenvalue weighted by atomic mass is 10.2. The molecule has 0 aliphatic carbocycles. The summed E-state index contributed by atoms with van der Waals surface area (Å²) in [5, 5.41) is 7.73. The first-order chi connectivity index (χ1) is 7.34. The summed E-state index contributed by atoms with van der Waals surface area (Å²) in [5.41, 5.74) is 7.91. The van der Waals surface area contributed by atoms with Crippen LogP contribution in [0.25, 0.3) is 22.4 Å². The maximum absolute atomic E-state index is 5.74. The molecule has 4 heteroatoms. The van der Waals surface area contributed by atoms with Gasteiger partial charge in [0, 0.05) is 5.39 Å². The number of hydrogen-bond acceptors (Lipinski definition) is 3. The predicted molar refractivity (Wildman–Crippen MR) is 58.2 cm³/mol. The summed E-state index contributed by atoms with van der Waals surface area (Å²) in [6.07, 6.45) is 1.57. The van der Waals surface area contributed by atoms with Crippen LogP contribution in [0.5, 0.6) is 0 Å². The van der Waals surface area contributed by atoms with Crippen LogP contribution in [-0.4, -0.2) is 10.2 Å². The molecule has 0 fully saturated rings. The fourth-order valence-corrected chi connectivity index (χ4v) is 1.60. The minimum Gasteiger partial charge on any atom is -0.454 e. The highest BCUT2D eigenvalue weighted by Gasteiger charge is 2.09. The third-order valence-electron chi connectivity index (χ3n) is 2.34. The van der Waals surface area contributed by atoms with Gasteiger partial charge in [0.2, 0.25) is 0 Å². The van der Waals surface area contributed by atoms with Gasteiger partial charge >= 0.3 is 0 Å². The monoisotopic (exact) mass is 199 g/mol. The fraction of sp³-hybridized carbons (Fsp3) is 0. The van der Waals surface area contributed by atoms with Crippen molar-refractivity contribution in [3.8, 4) is 11.5 Å². The zero-order valence-electron chi connectivity index (χ0n) is 7.90. The molecule has 15 heavy (non-hydrogen) atoms. The van der Waals surface area contributed by atoms with Gasteiger partial charge in [-0.25, -0.2) is 0 Å². The molecule has 0 radical (unpaired) electrons. The smallest absolute Gasteiger partial charge is 0.155 e. The number of aromatic nitrogens is 2. The molecule has 3 aromatic rings. The largest absolute Gasteiger partial charge is 0.454 e. The first-order valence-corrected chi connectivity index (χ1v) is 4.62. The van der Waals surface area contributed by atoms with E-state index in [-0.39, 0.29) is 0 Å². The van der Waals surface area contributed by atoms with Gasteiger partial charge in [-0.3, -0.25) is 5.10 Å². The van der Waals surface area contributed by atoms with Gasteiger partial charge in [-0.1, -0.05) is 18.2 Å². The van der Waals surface area contributed by atoms with Gasteiger partial charge in [0.1, 0.15) is 11.3 Å². The van der Waals surface area contributed by atoms with Crippen molar-refractivity contribution in [1.29, 1.82) is 0 Å². The van der Waals surface area contributed by atoms with Crippen molar-refractivity contribution in [2.45, 2.75) is 0 Å². The lowest BCUT2D eigenvalue weighted by Crippen LogP contribution is -1.84. The number of nitrogens with two attached hydrogens (primary N) is 1. The van der Waals surface area contributed by atoms with Crippen LogP contribution in [0, 0.1) is 0 Å². The second-order valence-corrected chi connectivity index (χ2v) is 3.35. The Bertz CT molecular complexity index is 576. The first-order valence-electron chi connectivity index (χ1n) is 4.62. The van der Waals surface area contributed by atoms with Crippen LogP contribution >= 0.6 is 0 Å². The molecule has 2 aromatic heterocycles. The number of hydrogen-bond donors (Lipinski definition) is 2. The quantitative estimate of drug-likeness (QED) is 0.632. The number of fused-ring (bicyclic) bond motifs is 1. The third-order valence-corrected chi connectivity index (χ3v) is 2.34. The van der Waals surface area contributed by atoms with Crippen LogP contribution in [0.4, 0.5) is 5.69 Å². The first kappa shape index (κ1) is 8.11. The minimum atomic E-state index is 0.592. The summed E-state index contributed by atoms with van der Waals surface area (Å²) in [6, 6.07) is 9.77. The van der Waals surface area contributed by atoms with Gasteiger partial charge < -0.3 is 10.2 Å². The van der Waals surface area contributed by atoms with E-state index < -0.39 is 0 Å². The summed E-state index contributed by atoms with van der Waals surface area (Å²) >= 11 is 0. The molecule has 0 saturated heterocycles. The Morgan fingerprint density at radius 3 is 2.87 bits per heavy atom. The van der Waals surface area contributed by atoms with Gasteiger partial charge in [0.25, 0.3) is 0 Å². The summed E-state index contributed by atoms with van der Waals surface area (Å²) in [5.74, 6) is 0.714. The molecule has 0 amide bonds. The average Bonchev–Trinajstić information content (AvgIpc) is 2.82. The highest BCUT2D eigenvalue weighted by molar-refractivity contribution is 5.84. The maximum Gasteiger partial charge on any atom is 0.155 e. The Hall–Kier alpha value is -2.23. The number of furan rings is 1. The van der Waals surface area contributed by atoms with E-state index in [0.29, 0.717) is 11.4 Å². The average molecular weight is 199 g/mol. The van der Waals surface area contributed by atoms with Crippen LogP contribution in [0.1, 0.15) is 0 Å². The van der Waals surface area contributed by atoms with Crippen molar-refractivity contribution in [2.24, 2.45) is 0 Å². The number of aromatic amines is 1. The standard InChI is InChI=1S/C11H9N3O/c12-8-6-13-14-11(8)10-5-7-3-1-2-4-9(7)15-10/h1-6H,12H2,(H,13,14). The predicted octanol–water partition coefficient (Wildman–Crippen LogP) is 2.41. The molecule has 3 N–H and O–H groups in total. The zero-order chi connectivity index (χ0) is 10.3. The van der Waals surface area contributed by atoms with E-state index in [1.54, 1.807) is 6.20 Å². The Kier molecular flexibility index (Phi) is 1.56. The molecule has 0 saturated carbocycles. The molecule has 74 valence electrons. The third kappa shape index (κ3) is 1.19. The van der Waals surface area contributed by atoms with Crippen molar-refractivity contribution in [3.63, 3.8) is 0 Å². The number of benzene rings is 1. The van der Waals surface area contributed by atoms with Gasteiger partial charge in [-0.15, -0.1) is 0 Å². The molecule has 0 spiro atoms. The highest BCUT2D eigenvalue weighted by Crippen LogP contribution is 2.29. The van der Waals surface area contributed by atoms with E-state index in [2.05, 4.69) is 10.2 Å². The molecule has 0 aliphatic rings. The maximum atomic E-state index is 5.74. The van der Waals surface area contributed by atoms with Crippen molar-refractivity contribution in [1.82, 2.24) is 10.2 Å². The Labute approximate surface area is 85.7 Å². The minimum absolute atomic E-state index is 0.592. The Morgan fingerprint density at radius 1 is 1.27 bits per heavy atom. The molecule has 0 aliphatic heterocycles. The molecule has 2 heterocycles.